The van der Waals surface area contributed by atoms with Gasteiger partial charge in [0, 0.05) is 31.3 Å². The van der Waals surface area contributed by atoms with Crippen molar-refractivity contribution in [2.45, 2.75) is 19.4 Å². The number of likely N-dealkylation sites (tertiary alicyclic amines) is 1. The first kappa shape index (κ1) is 13.9. The van der Waals surface area contributed by atoms with Crippen LogP contribution in [0.3, 0.4) is 0 Å². The number of piperidine rings is 1. The fourth-order valence-corrected chi connectivity index (χ4v) is 2.54. The summed E-state index contributed by atoms with van der Waals surface area (Å²) in [6.07, 6.45) is 1.92. The van der Waals surface area contributed by atoms with Gasteiger partial charge in [-0.25, -0.2) is 4.39 Å². The van der Waals surface area contributed by atoms with E-state index in [2.05, 4.69) is 0 Å². The third-order valence-electron chi connectivity index (χ3n) is 3.49. The first-order chi connectivity index (χ1) is 9.10. The predicted octanol–water partition coefficient (Wildman–Crippen LogP) is 1.94. The summed E-state index contributed by atoms with van der Waals surface area (Å²) in [6, 6.07) is 3.53. The number of benzene rings is 1. The molecule has 0 bridgehead atoms. The Morgan fingerprint density at radius 3 is 3.00 bits per heavy atom. The quantitative estimate of drug-likeness (QED) is 0.669. The number of halogens is 1. The van der Waals surface area contributed by atoms with Crippen molar-refractivity contribution in [2.24, 2.45) is 5.92 Å². The minimum absolute atomic E-state index is 0.0486. The van der Waals surface area contributed by atoms with Gasteiger partial charge in [0.05, 0.1) is 4.92 Å². The van der Waals surface area contributed by atoms with Crippen LogP contribution in [0.2, 0.25) is 0 Å². The Morgan fingerprint density at radius 2 is 2.32 bits per heavy atom. The molecule has 6 heteroatoms. The van der Waals surface area contributed by atoms with Crippen LogP contribution < -0.4 is 0 Å². The average Bonchev–Trinajstić information content (AvgIpc) is 2.38. The van der Waals surface area contributed by atoms with Crippen LogP contribution >= 0.6 is 0 Å². The molecule has 1 atom stereocenters. The highest BCUT2D eigenvalue weighted by Gasteiger charge is 2.22. The van der Waals surface area contributed by atoms with E-state index in [-0.39, 0.29) is 18.2 Å². The van der Waals surface area contributed by atoms with E-state index in [1.807, 2.05) is 4.90 Å². The standard InChI is InChI=1S/C13H17FN2O3/c14-12-3-4-13(16(18)19)11(6-12)8-15-5-1-2-10(7-15)9-17/h3-4,6,10,17H,1-2,5,7-9H2. The van der Waals surface area contributed by atoms with E-state index >= 15 is 0 Å². The SMILES string of the molecule is O=[N+]([O-])c1ccc(F)cc1CN1CCCC(CO)C1. The largest absolute Gasteiger partial charge is 0.396 e. The lowest BCUT2D eigenvalue weighted by molar-refractivity contribution is -0.385. The number of nitrogens with zero attached hydrogens (tertiary/aromatic N) is 2. The summed E-state index contributed by atoms with van der Waals surface area (Å²) < 4.78 is 13.2. The molecule has 0 amide bonds. The van der Waals surface area contributed by atoms with E-state index in [4.69, 9.17) is 5.11 Å². The monoisotopic (exact) mass is 268 g/mol. The van der Waals surface area contributed by atoms with Crippen LogP contribution in [-0.4, -0.2) is 34.6 Å². The van der Waals surface area contributed by atoms with Gasteiger partial charge in [-0.05, 0) is 37.4 Å². The van der Waals surface area contributed by atoms with Gasteiger partial charge in [-0.2, -0.15) is 0 Å². The topological polar surface area (TPSA) is 66.6 Å². The van der Waals surface area contributed by atoms with Crippen molar-refractivity contribution in [3.63, 3.8) is 0 Å². The summed E-state index contributed by atoms with van der Waals surface area (Å²) in [5.74, 6) is -0.252. The lowest BCUT2D eigenvalue weighted by atomic mass is 9.98. The van der Waals surface area contributed by atoms with Crippen LogP contribution in [0.1, 0.15) is 18.4 Å². The third kappa shape index (κ3) is 3.48. The number of aliphatic hydroxyl groups is 1. The third-order valence-corrected chi connectivity index (χ3v) is 3.49. The molecule has 1 aliphatic rings. The Kier molecular flexibility index (Phi) is 4.44. The van der Waals surface area contributed by atoms with Crippen molar-refractivity contribution >= 4 is 5.69 Å². The molecule has 1 fully saturated rings. The molecule has 1 unspecified atom stereocenters. The first-order valence-corrected chi connectivity index (χ1v) is 6.36. The molecule has 1 aromatic carbocycles. The number of aliphatic hydroxyl groups excluding tert-OH is 1. The van der Waals surface area contributed by atoms with E-state index in [0.717, 1.165) is 25.5 Å². The van der Waals surface area contributed by atoms with Gasteiger partial charge in [0.1, 0.15) is 5.82 Å². The van der Waals surface area contributed by atoms with Crippen molar-refractivity contribution in [3.05, 3.63) is 39.7 Å². The summed E-state index contributed by atoms with van der Waals surface area (Å²) >= 11 is 0. The van der Waals surface area contributed by atoms with Gasteiger partial charge in [-0.15, -0.1) is 0 Å². The molecule has 0 radical (unpaired) electrons. The number of nitro benzene ring substituents is 1. The summed E-state index contributed by atoms with van der Waals surface area (Å²) in [5, 5.41) is 20.1. The second-order valence-corrected chi connectivity index (χ2v) is 4.96. The molecule has 0 aromatic heterocycles. The molecular formula is C13H17FN2O3. The summed E-state index contributed by atoms with van der Waals surface area (Å²) in [5.41, 5.74) is 0.344. The van der Waals surface area contributed by atoms with Crippen LogP contribution in [0.4, 0.5) is 10.1 Å². The van der Waals surface area contributed by atoms with Gasteiger partial charge in [0.15, 0.2) is 0 Å². The second-order valence-electron chi connectivity index (χ2n) is 4.96. The van der Waals surface area contributed by atoms with Crippen LogP contribution in [0, 0.1) is 21.8 Å². The van der Waals surface area contributed by atoms with Gasteiger partial charge >= 0.3 is 0 Å². The lowest BCUT2D eigenvalue weighted by Crippen LogP contribution is -2.36. The van der Waals surface area contributed by atoms with Crippen LogP contribution in [0.5, 0.6) is 0 Å². The van der Waals surface area contributed by atoms with Gasteiger partial charge in [-0.1, -0.05) is 0 Å². The highest BCUT2D eigenvalue weighted by atomic mass is 19.1. The number of hydrogen-bond acceptors (Lipinski definition) is 4. The molecule has 1 aliphatic heterocycles. The highest BCUT2D eigenvalue weighted by molar-refractivity contribution is 5.40. The molecule has 2 rings (SSSR count). The van der Waals surface area contributed by atoms with Crippen molar-refractivity contribution in [1.82, 2.24) is 4.90 Å². The van der Waals surface area contributed by atoms with Crippen LogP contribution in [0.25, 0.3) is 0 Å². The van der Waals surface area contributed by atoms with Gasteiger partial charge in [-0.3, -0.25) is 15.0 Å². The normalized spacial score (nSPS) is 20.4. The molecule has 0 aliphatic carbocycles. The highest BCUT2D eigenvalue weighted by Crippen LogP contribution is 2.24. The minimum atomic E-state index is -0.484. The van der Waals surface area contributed by atoms with E-state index in [0.29, 0.717) is 18.7 Å². The maximum absolute atomic E-state index is 13.2. The maximum Gasteiger partial charge on any atom is 0.274 e. The van der Waals surface area contributed by atoms with Crippen LogP contribution in [-0.2, 0) is 6.54 Å². The lowest BCUT2D eigenvalue weighted by Gasteiger charge is -2.31. The minimum Gasteiger partial charge on any atom is -0.396 e. The van der Waals surface area contributed by atoms with Gasteiger partial charge in [0.2, 0.25) is 0 Å². The second kappa shape index (κ2) is 6.08. The number of rotatable bonds is 4. The molecule has 0 spiro atoms. The molecule has 104 valence electrons. The molecule has 1 aromatic rings. The Morgan fingerprint density at radius 1 is 1.53 bits per heavy atom. The smallest absolute Gasteiger partial charge is 0.274 e. The van der Waals surface area contributed by atoms with Crippen molar-refractivity contribution in [1.29, 1.82) is 0 Å². The molecule has 1 heterocycles. The zero-order valence-corrected chi connectivity index (χ0v) is 10.6. The summed E-state index contributed by atoms with van der Waals surface area (Å²) in [7, 11) is 0. The Labute approximate surface area is 110 Å². The van der Waals surface area contributed by atoms with E-state index in [9.17, 15) is 14.5 Å². The Bertz CT molecular complexity index is 467. The van der Waals surface area contributed by atoms with E-state index in [1.165, 1.54) is 12.1 Å². The van der Waals surface area contributed by atoms with E-state index in [1.54, 1.807) is 0 Å². The van der Waals surface area contributed by atoms with Crippen molar-refractivity contribution < 1.29 is 14.4 Å². The fourth-order valence-electron chi connectivity index (χ4n) is 2.54. The molecule has 19 heavy (non-hydrogen) atoms. The Hall–Kier alpha value is -1.53. The molecule has 0 saturated carbocycles. The number of hydrogen-bond donors (Lipinski definition) is 1. The average molecular weight is 268 g/mol. The molecule has 1 N–H and O–H groups in total. The Balaban J connectivity index is 2.13. The van der Waals surface area contributed by atoms with Crippen LogP contribution in [0.15, 0.2) is 18.2 Å². The van der Waals surface area contributed by atoms with Crippen molar-refractivity contribution in [3.8, 4) is 0 Å². The zero-order chi connectivity index (χ0) is 13.8. The van der Waals surface area contributed by atoms with Gasteiger partial charge in [0.25, 0.3) is 5.69 Å². The zero-order valence-electron chi connectivity index (χ0n) is 10.6. The summed E-state index contributed by atoms with van der Waals surface area (Å²) in [6.45, 7) is 2.00. The number of nitro groups is 1. The van der Waals surface area contributed by atoms with Crippen molar-refractivity contribution in [2.75, 3.05) is 19.7 Å². The summed E-state index contributed by atoms with van der Waals surface area (Å²) in [4.78, 5) is 12.5. The molecule has 5 nitrogen and oxygen atoms in total. The molecular weight excluding hydrogens is 251 g/mol. The fraction of sp³-hybridized carbons (Fsp3) is 0.538. The molecule has 1 saturated heterocycles. The van der Waals surface area contributed by atoms with E-state index < -0.39 is 10.7 Å². The first-order valence-electron chi connectivity index (χ1n) is 6.36. The predicted molar refractivity (Wildman–Crippen MR) is 68.1 cm³/mol. The maximum atomic E-state index is 13.2. The van der Waals surface area contributed by atoms with Gasteiger partial charge < -0.3 is 5.11 Å².